The minimum Gasteiger partial charge on any atom is -0.352 e. The van der Waals surface area contributed by atoms with Crippen molar-refractivity contribution in [3.05, 3.63) is 157 Å². The van der Waals surface area contributed by atoms with Crippen LogP contribution in [0.3, 0.4) is 0 Å². The van der Waals surface area contributed by atoms with Gasteiger partial charge in [0.05, 0.1) is 12.1 Å². The molecule has 4 heteroatoms. The summed E-state index contributed by atoms with van der Waals surface area (Å²) < 4.78 is 0. The zero-order valence-corrected chi connectivity index (χ0v) is 33.1. The molecular weight excluding hydrogens is 653 g/mol. The maximum atomic E-state index is 4.96. The molecule has 0 spiro atoms. The van der Waals surface area contributed by atoms with Crippen molar-refractivity contribution in [1.82, 2.24) is 4.90 Å². The maximum absolute atomic E-state index is 4.96. The van der Waals surface area contributed by atoms with Crippen molar-refractivity contribution in [2.45, 2.75) is 78.8 Å². The van der Waals surface area contributed by atoms with Gasteiger partial charge in [-0.2, -0.15) is 0 Å². The number of rotatable bonds is 4. The molecule has 0 aromatic heterocycles. The van der Waals surface area contributed by atoms with Crippen molar-refractivity contribution in [1.29, 1.82) is 0 Å². The summed E-state index contributed by atoms with van der Waals surface area (Å²) in [5.74, 6) is 4.93. The molecule has 0 bridgehead atoms. The van der Waals surface area contributed by atoms with Crippen molar-refractivity contribution >= 4 is 29.2 Å². The Bertz CT molecular complexity index is 2040. The topological polar surface area (TPSA) is 9.72 Å². The van der Waals surface area contributed by atoms with Gasteiger partial charge in [-0.05, 0) is 121 Å². The molecule has 2 aromatic rings. The van der Waals surface area contributed by atoms with Crippen LogP contribution in [-0.2, 0) is 0 Å². The van der Waals surface area contributed by atoms with Gasteiger partial charge in [-0.3, -0.25) is 0 Å². The van der Waals surface area contributed by atoms with E-state index in [4.69, 9.17) is 6.58 Å². The van der Waals surface area contributed by atoms with Crippen LogP contribution in [0.1, 0.15) is 66.7 Å². The molecule has 3 aliphatic heterocycles. The SMILES string of the molecule is C=C1/C(=C\C=C/C)B2C3=C(N(C4C=CC=CC4)CCC4C(CC3C)C3C=CC=CC3C4(C)C)N(C3C=CCC(C)C3)c3cccc(c32)N1c1ccccc1. The van der Waals surface area contributed by atoms with E-state index in [0.717, 1.165) is 31.5 Å². The van der Waals surface area contributed by atoms with Gasteiger partial charge in [-0.15, -0.1) is 0 Å². The van der Waals surface area contributed by atoms with Crippen LogP contribution in [0.15, 0.2) is 157 Å². The Morgan fingerprint density at radius 2 is 1.63 bits per heavy atom. The van der Waals surface area contributed by atoms with Crippen LogP contribution >= 0.6 is 0 Å². The normalized spacial score (nSPS) is 33.1. The van der Waals surface area contributed by atoms with Crippen LogP contribution in [0.5, 0.6) is 0 Å². The highest BCUT2D eigenvalue weighted by atomic mass is 15.4. The molecule has 1 fully saturated rings. The second kappa shape index (κ2) is 14.0. The van der Waals surface area contributed by atoms with Crippen LogP contribution in [0.25, 0.3) is 0 Å². The Balaban J connectivity index is 1.33. The van der Waals surface area contributed by atoms with E-state index in [-0.39, 0.29) is 18.2 Å². The van der Waals surface area contributed by atoms with E-state index in [1.165, 1.54) is 46.7 Å². The van der Waals surface area contributed by atoms with Crippen LogP contribution in [0.2, 0.25) is 0 Å². The molecule has 0 radical (unpaired) electrons. The molecule has 0 N–H and O–H groups in total. The first-order chi connectivity index (χ1) is 26.3. The number of allylic oxidation sites excluding steroid dienone is 12. The Kier molecular flexibility index (Phi) is 9.15. The molecule has 276 valence electrons. The highest BCUT2D eigenvalue weighted by Crippen LogP contribution is 2.60. The maximum Gasteiger partial charge on any atom is 0.249 e. The van der Waals surface area contributed by atoms with Crippen molar-refractivity contribution in [3.8, 4) is 0 Å². The first kappa shape index (κ1) is 35.3. The number of anilines is 3. The predicted octanol–water partition coefficient (Wildman–Crippen LogP) is 11.3. The summed E-state index contributed by atoms with van der Waals surface area (Å²) >= 11 is 0. The first-order valence-corrected chi connectivity index (χ1v) is 20.9. The molecule has 2 aromatic carbocycles. The number of nitrogens with zero attached hydrogens (tertiary/aromatic N) is 3. The van der Waals surface area contributed by atoms with Gasteiger partial charge in [0, 0.05) is 29.3 Å². The Morgan fingerprint density at radius 1 is 0.833 bits per heavy atom. The third kappa shape index (κ3) is 5.61. The molecule has 0 amide bonds. The largest absolute Gasteiger partial charge is 0.352 e. The lowest BCUT2D eigenvalue weighted by Crippen LogP contribution is -2.58. The van der Waals surface area contributed by atoms with E-state index >= 15 is 0 Å². The van der Waals surface area contributed by atoms with Crippen molar-refractivity contribution in [3.63, 3.8) is 0 Å². The lowest BCUT2D eigenvalue weighted by molar-refractivity contribution is 0.150. The van der Waals surface area contributed by atoms with Crippen LogP contribution in [0.4, 0.5) is 17.1 Å². The Morgan fingerprint density at radius 3 is 2.41 bits per heavy atom. The van der Waals surface area contributed by atoms with E-state index in [1.807, 2.05) is 0 Å². The van der Waals surface area contributed by atoms with Gasteiger partial charge in [-0.25, -0.2) is 0 Å². The molecular formula is C50H58BN3. The number of fused-ring (bicyclic) bond motifs is 4. The smallest absolute Gasteiger partial charge is 0.249 e. The molecule has 3 nitrogen and oxygen atoms in total. The summed E-state index contributed by atoms with van der Waals surface area (Å²) in [7, 11) is 0. The van der Waals surface area contributed by atoms with Gasteiger partial charge >= 0.3 is 0 Å². The summed E-state index contributed by atoms with van der Waals surface area (Å²) in [6.07, 6.45) is 36.8. The minimum absolute atomic E-state index is 0.111. The van der Waals surface area contributed by atoms with E-state index in [9.17, 15) is 0 Å². The van der Waals surface area contributed by atoms with E-state index in [1.54, 1.807) is 5.47 Å². The quantitative estimate of drug-likeness (QED) is 0.231. The highest BCUT2D eigenvalue weighted by molar-refractivity contribution is 6.90. The van der Waals surface area contributed by atoms with Crippen molar-refractivity contribution in [2.24, 2.45) is 40.9 Å². The van der Waals surface area contributed by atoms with Gasteiger partial charge in [-0.1, -0.05) is 138 Å². The zero-order valence-electron chi connectivity index (χ0n) is 33.1. The van der Waals surface area contributed by atoms with E-state index in [0.29, 0.717) is 41.5 Å². The fourth-order valence-corrected chi connectivity index (χ4v) is 12.0. The first-order valence-electron chi connectivity index (χ1n) is 20.9. The monoisotopic (exact) mass is 711 g/mol. The molecule has 3 heterocycles. The number of hydrogen-bond donors (Lipinski definition) is 0. The average molecular weight is 712 g/mol. The third-order valence-electron chi connectivity index (χ3n) is 14.4. The molecule has 8 unspecified atom stereocenters. The molecule has 54 heavy (non-hydrogen) atoms. The summed E-state index contributed by atoms with van der Waals surface area (Å²) in [6.45, 7) is 18.5. The summed E-state index contributed by atoms with van der Waals surface area (Å²) in [6, 6.07) is 18.6. The molecule has 9 rings (SSSR count). The molecule has 4 aliphatic carbocycles. The minimum atomic E-state index is 0.111. The third-order valence-corrected chi connectivity index (χ3v) is 14.4. The van der Waals surface area contributed by atoms with E-state index < -0.39 is 0 Å². The van der Waals surface area contributed by atoms with E-state index in [2.05, 4.69) is 177 Å². The number of para-hydroxylation sites is 1. The Labute approximate surface area is 325 Å². The summed E-state index contributed by atoms with van der Waals surface area (Å²) in [4.78, 5) is 8.20. The van der Waals surface area contributed by atoms with Gasteiger partial charge < -0.3 is 14.7 Å². The highest BCUT2D eigenvalue weighted by Gasteiger charge is 2.56. The molecule has 1 saturated carbocycles. The summed E-state index contributed by atoms with van der Waals surface area (Å²) in [5.41, 5.74) is 9.50. The van der Waals surface area contributed by atoms with Crippen molar-refractivity contribution < 1.29 is 0 Å². The summed E-state index contributed by atoms with van der Waals surface area (Å²) in [5, 5.41) is 0. The lowest BCUT2D eigenvalue weighted by Gasteiger charge is -2.52. The fraction of sp³-hybridized carbons (Fsp3) is 0.400. The molecule has 8 atom stereocenters. The second-order valence-corrected chi connectivity index (χ2v) is 17.8. The number of benzene rings is 2. The Hall–Kier alpha value is -4.44. The van der Waals surface area contributed by atoms with Crippen LogP contribution < -0.4 is 15.3 Å². The van der Waals surface area contributed by atoms with Gasteiger partial charge in [0.2, 0.25) is 6.71 Å². The standard InChI is InChI=1S/C50H58BN3/c1-7-8-27-44-36(4)53(38-22-13-10-14-23-38)45-28-18-29-46-48(45)51(44)47-35(3)33-41-40-25-15-16-26-42(40)50(5,6)43(41)30-31-52(37-20-11-9-12-21-37)49(47)54(46)39-24-17-19-34(2)32-39/h7-18,20,22-29,34-35,37,39-43H,4,19,21,30-33H2,1-3,5-6H3/b8-7-,44-27+. The van der Waals surface area contributed by atoms with Gasteiger partial charge in [0.1, 0.15) is 5.82 Å². The molecule has 7 aliphatic rings. The van der Waals surface area contributed by atoms with Gasteiger partial charge in [0.25, 0.3) is 0 Å². The van der Waals surface area contributed by atoms with Crippen LogP contribution in [-0.4, -0.2) is 30.2 Å². The fourth-order valence-electron chi connectivity index (χ4n) is 12.0. The van der Waals surface area contributed by atoms with Crippen LogP contribution in [0, 0.1) is 40.9 Å². The predicted molar refractivity (Wildman–Crippen MR) is 231 cm³/mol. The second-order valence-electron chi connectivity index (χ2n) is 17.8. The van der Waals surface area contributed by atoms with Crippen molar-refractivity contribution in [2.75, 3.05) is 16.3 Å². The number of hydrogen-bond acceptors (Lipinski definition) is 3. The molecule has 0 saturated heterocycles. The average Bonchev–Trinajstić information content (AvgIpc) is 3.43. The lowest BCUT2D eigenvalue weighted by atomic mass is 9.30. The zero-order chi connectivity index (χ0) is 37.1. The van der Waals surface area contributed by atoms with Gasteiger partial charge in [0.15, 0.2) is 0 Å².